The summed E-state index contributed by atoms with van der Waals surface area (Å²) in [6.45, 7) is 6.92. The SMILES string of the molecule is CCOCCCC(OCC)(C1CCCCC1)C1CCCCC1. The molecule has 2 saturated carbocycles. The highest BCUT2D eigenvalue weighted by Gasteiger charge is 2.45. The lowest BCUT2D eigenvalue weighted by molar-refractivity contribution is -0.146. The van der Waals surface area contributed by atoms with E-state index in [2.05, 4.69) is 13.8 Å². The summed E-state index contributed by atoms with van der Waals surface area (Å²) >= 11 is 0. The Balaban J connectivity index is 2.09. The van der Waals surface area contributed by atoms with E-state index in [-0.39, 0.29) is 5.60 Å². The van der Waals surface area contributed by atoms with E-state index in [0.717, 1.165) is 31.7 Å². The van der Waals surface area contributed by atoms with Crippen LogP contribution in [0.2, 0.25) is 0 Å². The van der Waals surface area contributed by atoms with Crippen LogP contribution in [0.4, 0.5) is 0 Å². The molecule has 0 radical (unpaired) electrons. The summed E-state index contributed by atoms with van der Waals surface area (Å²) in [6.07, 6.45) is 16.5. The first-order valence-electron chi connectivity index (χ1n) is 10.0. The molecule has 2 fully saturated rings. The molecule has 0 unspecified atom stereocenters. The summed E-state index contributed by atoms with van der Waals surface area (Å²) in [7, 11) is 0. The maximum Gasteiger partial charge on any atom is 0.0739 e. The lowest BCUT2D eigenvalue weighted by Crippen LogP contribution is -2.49. The van der Waals surface area contributed by atoms with Gasteiger partial charge < -0.3 is 9.47 Å². The van der Waals surface area contributed by atoms with Gasteiger partial charge >= 0.3 is 0 Å². The van der Waals surface area contributed by atoms with Crippen molar-refractivity contribution >= 4 is 0 Å². The van der Waals surface area contributed by atoms with E-state index in [1.807, 2.05) is 0 Å². The molecule has 2 heteroatoms. The van der Waals surface area contributed by atoms with Crippen molar-refractivity contribution in [2.75, 3.05) is 19.8 Å². The molecule has 2 aliphatic rings. The average molecular weight is 311 g/mol. The largest absolute Gasteiger partial charge is 0.382 e. The van der Waals surface area contributed by atoms with Gasteiger partial charge in [-0.2, -0.15) is 0 Å². The fourth-order valence-electron chi connectivity index (χ4n) is 5.10. The second-order valence-corrected chi connectivity index (χ2v) is 7.36. The smallest absolute Gasteiger partial charge is 0.0739 e. The molecule has 2 rings (SSSR count). The van der Waals surface area contributed by atoms with Crippen LogP contribution in [0.25, 0.3) is 0 Å². The normalized spacial score (nSPS) is 22.1. The molecule has 0 heterocycles. The van der Waals surface area contributed by atoms with E-state index in [0.29, 0.717) is 0 Å². The Morgan fingerprint density at radius 1 is 0.773 bits per heavy atom. The zero-order valence-electron chi connectivity index (χ0n) is 15.1. The van der Waals surface area contributed by atoms with E-state index in [4.69, 9.17) is 9.47 Å². The highest BCUT2D eigenvalue weighted by molar-refractivity contribution is 4.96. The van der Waals surface area contributed by atoms with Crippen molar-refractivity contribution < 1.29 is 9.47 Å². The molecule has 22 heavy (non-hydrogen) atoms. The molecule has 2 nitrogen and oxygen atoms in total. The first-order valence-corrected chi connectivity index (χ1v) is 10.0. The van der Waals surface area contributed by atoms with Gasteiger partial charge in [-0.1, -0.05) is 38.5 Å². The standard InChI is InChI=1S/C20H38O2/c1-3-21-17-11-16-20(22-4-2,18-12-7-5-8-13-18)19-14-9-6-10-15-19/h18-19H,3-17H2,1-2H3. The molecular formula is C20H38O2. The van der Waals surface area contributed by atoms with E-state index in [9.17, 15) is 0 Å². The minimum atomic E-state index is 0.159. The van der Waals surface area contributed by atoms with Gasteiger partial charge in [0, 0.05) is 19.8 Å². The van der Waals surface area contributed by atoms with Crippen LogP contribution in [0.3, 0.4) is 0 Å². The lowest BCUT2D eigenvalue weighted by atomic mass is 9.64. The highest BCUT2D eigenvalue weighted by Crippen LogP contribution is 2.47. The second-order valence-electron chi connectivity index (χ2n) is 7.36. The molecular weight excluding hydrogens is 272 g/mol. The average Bonchev–Trinajstić information content (AvgIpc) is 2.59. The van der Waals surface area contributed by atoms with Crippen molar-refractivity contribution in [3.63, 3.8) is 0 Å². The Labute approximate surface area is 138 Å². The van der Waals surface area contributed by atoms with Crippen molar-refractivity contribution in [3.8, 4) is 0 Å². The Morgan fingerprint density at radius 2 is 1.32 bits per heavy atom. The van der Waals surface area contributed by atoms with Crippen molar-refractivity contribution in [1.82, 2.24) is 0 Å². The first-order chi connectivity index (χ1) is 10.8. The summed E-state index contributed by atoms with van der Waals surface area (Å²) < 4.78 is 12.3. The van der Waals surface area contributed by atoms with Crippen molar-refractivity contribution in [1.29, 1.82) is 0 Å². The highest BCUT2D eigenvalue weighted by atomic mass is 16.5. The van der Waals surface area contributed by atoms with Crippen LogP contribution in [0, 0.1) is 11.8 Å². The van der Waals surface area contributed by atoms with Crippen LogP contribution in [0.1, 0.15) is 90.9 Å². The van der Waals surface area contributed by atoms with Crippen LogP contribution < -0.4 is 0 Å². The van der Waals surface area contributed by atoms with E-state index in [1.54, 1.807) is 0 Å². The van der Waals surface area contributed by atoms with Crippen LogP contribution in [-0.2, 0) is 9.47 Å². The quantitative estimate of drug-likeness (QED) is 0.506. The number of ether oxygens (including phenoxy) is 2. The molecule has 0 aromatic rings. The summed E-state index contributed by atoms with van der Waals surface area (Å²) in [5.74, 6) is 1.59. The topological polar surface area (TPSA) is 18.5 Å². The number of hydrogen-bond donors (Lipinski definition) is 0. The molecule has 0 amide bonds. The second kappa shape index (κ2) is 9.93. The van der Waals surface area contributed by atoms with Gasteiger partial charge in [0.2, 0.25) is 0 Å². The van der Waals surface area contributed by atoms with Crippen molar-refractivity contribution in [3.05, 3.63) is 0 Å². The predicted octanol–water partition coefficient (Wildman–Crippen LogP) is 5.74. The van der Waals surface area contributed by atoms with Gasteiger partial charge in [0.05, 0.1) is 5.60 Å². The summed E-state index contributed by atoms with van der Waals surface area (Å²) in [4.78, 5) is 0. The van der Waals surface area contributed by atoms with Crippen molar-refractivity contribution in [2.24, 2.45) is 11.8 Å². The minimum absolute atomic E-state index is 0.159. The fraction of sp³-hybridized carbons (Fsp3) is 1.00. The third-order valence-electron chi connectivity index (χ3n) is 6.07. The van der Waals surface area contributed by atoms with Crippen LogP contribution >= 0.6 is 0 Å². The van der Waals surface area contributed by atoms with Gasteiger partial charge in [-0.3, -0.25) is 0 Å². The van der Waals surface area contributed by atoms with Crippen LogP contribution in [0.5, 0.6) is 0 Å². The van der Waals surface area contributed by atoms with Gasteiger partial charge in [0.25, 0.3) is 0 Å². The monoisotopic (exact) mass is 310 g/mol. The molecule has 0 saturated heterocycles. The Hall–Kier alpha value is -0.0800. The van der Waals surface area contributed by atoms with Gasteiger partial charge in [-0.05, 0) is 64.2 Å². The van der Waals surface area contributed by atoms with Gasteiger partial charge in [-0.25, -0.2) is 0 Å². The van der Waals surface area contributed by atoms with Crippen molar-refractivity contribution in [2.45, 2.75) is 96.5 Å². The summed E-state index contributed by atoms with van der Waals surface area (Å²) in [6, 6.07) is 0. The van der Waals surface area contributed by atoms with Gasteiger partial charge in [-0.15, -0.1) is 0 Å². The van der Waals surface area contributed by atoms with Gasteiger partial charge in [0.1, 0.15) is 0 Å². The summed E-state index contributed by atoms with van der Waals surface area (Å²) in [5.41, 5.74) is 0.159. The molecule has 0 N–H and O–H groups in total. The maximum atomic E-state index is 6.63. The number of hydrogen-bond acceptors (Lipinski definition) is 2. The predicted molar refractivity (Wildman–Crippen MR) is 93.2 cm³/mol. The van der Waals surface area contributed by atoms with Gasteiger partial charge in [0.15, 0.2) is 0 Å². The molecule has 0 aromatic heterocycles. The summed E-state index contributed by atoms with van der Waals surface area (Å²) in [5, 5.41) is 0. The number of rotatable bonds is 9. The van der Waals surface area contributed by atoms with Crippen LogP contribution in [-0.4, -0.2) is 25.4 Å². The van der Waals surface area contributed by atoms with E-state index < -0.39 is 0 Å². The molecule has 2 aliphatic carbocycles. The lowest BCUT2D eigenvalue weighted by Gasteiger charge is -2.49. The zero-order chi connectivity index (χ0) is 15.7. The third kappa shape index (κ3) is 4.71. The molecule has 130 valence electrons. The first kappa shape index (κ1) is 18.3. The Bertz CT molecular complexity index is 259. The fourth-order valence-corrected chi connectivity index (χ4v) is 5.10. The molecule has 0 bridgehead atoms. The Morgan fingerprint density at radius 3 is 1.77 bits per heavy atom. The van der Waals surface area contributed by atoms with E-state index in [1.165, 1.54) is 77.0 Å². The Kier molecular flexibility index (Phi) is 8.24. The zero-order valence-corrected chi connectivity index (χ0v) is 15.1. The minimum Gasteiger partial charge on any atom is -0.382 e. The molecule has 0 spiro atoms. The van der Waals surface area contributed by atoms with E-state index >= 15 is 0 Å². The molecule has 0 aliphatic heterocycles. The molecule has 0 aromatic carbocycles. The molecule has 0 atom stereocenters. The maximum absolute atomic E-state index is 6.63. The third-order valence-corrected chi connectivity index (χ3v) is 6.07. The van der Waals surface area contributed by atoms with Crippen LogP contribution in [0.15, 0.2) is 0 Å².